The fourth-order valence-corrected chi connectivity index (χ4v) is 3.87. The number of thiophene rings is 1. The van der Waals surface area contributed by atoms with Gasteiger partial charge in [0.05, 0.1) is 16.6 Å². The first-order valence-electron chi connectivity index (χ1n) is 8.19. The second kappa shape index (κ2) is 13.1. The summed E-state index contributed by atoms with van der Waals surface area (Å²) in [7, 11) is -1.56. The highest BCUT2D eigenvalue weighted by atomic mass is 127. The molecule has 0 saturated heterocycles. The maximum absolute atomic E-state index is 11.7. The maximum Gasteiger partial charge on any atom is 0.213 e. The number of hydrogen-bond acceptors (Lipinski definition) is 5. The fourth-order valence-electron chi connectivity index (χ4n) is 1.98. The number of sulfonamides is 1. The average Bonchev–Trinajstić information content (AvgIpc) is 3.02. The molecular weight excluding hydrogens is 511 g/mol. The van der Waals surface area contributed by atoms with Crippen molar-refractivity contribution >= 4 is 62.9 Å². The molecule has 0 aliphatic rings. The maximum atomic E-state index is 11.7. The van der Waals surface area contributed by atoms with Crippen LogP contribution in [0.15, 0.2) is 17.1 Å². The Hall–Kier alpha value is -0.140. The number of rotatable bonds is 10. The molecule has 0 spiro atoms. The molecular formula is C15H28ClIN4O3S2. The third kappa shape index (κ3) is 9.18. The summed E-state index contributed by atoms with van der Waals surface area (Å²) in [6.07, 6.45) is -0.0442. The molecule has 26 heavy (non-hydrogen) atoms. The first kappa shape index (κ1) is 25.9. The van der Waals surface area contributed by atoms with Crippen LogP contribution in [-0.4, -0.2) is 62.8 Å². The highest BCUT2D eigenvalue weighted by Crippen LogP contribution is 2.26. The van der Waals surface area contributed by atoms with E-state index < -0.39 is 16.1 Å². The largest absolute Gasteiger partial charge is 0.386 e. The second-order valence-corrected chi connectivity index (χ2v) is 9.49. The Morgan fingerprint density at radius 1 is 1.38 bits per heavy atom. The van der Waals surface area contributed by atoms with E-state index in [1.165, 1.54) is 15.6 Å². The van der Waals surface area contributed by atoms with Crippen LogP contribution in [0.3, 0.4) is 0 Å². The molecule has 0 radical (unpaired) electrons. The number of nitrogens with one attached hydrogen (secondary N) is 2. The van der Waals surface area contributed by atoms with Crippen molar-refractivity contribution in [3.05, 3.63) is 21.3 Å². The predicted octanol–water partition coefficient (Wildman–Crippen LogP) is 2.28. The average molecular weight is 539 g/mol. The SMILES string of the molecule is CCNC(=NCC(O)c1ccc(Cl)s1)NCCCN(C)S(=O)(=O)CC.I. The summed E-state index contributed by atoms with van der Waals surface area (Å²) in [5.41, 5.74) is 0. The molecule has 1 heterocycles. The molecule has 0 aromatic carbocycles. The standard InChI is InChI=1S/C15H27ClN4O3S2.HI/c1-4-17-15(18-9-6-10-20(3)25(22,23)5-2)19-11-12(21)13-7-8-14(16)24-13;/h7-8,12,21H,4-6,9-11H2,1-3H3,(H2,17,18,19);1H. The molecule has 1 aromatic rings. The van der Waals surface area contributed by atoms with Gasteiger partial charge < -0.3 is 15.7 Å². The Kier molecular flexibility index (Phi) is 13.0. The summed E-state index contributed by atoms with van der Waals surface area (Å²) in [5.74, 6) is 0.691. The smallest absolute Gasteiger partial charge is 0.213 e. The van der Waals surface area contributed by atoms with Gasteiger partial charge in [0, 0.05) is 31.6 Å². The monoisotopic (exact) mass is 538 g/mol. The van der Waals surface area contributed by atoms with Crippen LogP contribution in [0.1, 0.15) is 31.2 Å². The van der Waals surface area contributed by atoms with Crippen LogP contribution in [0.25, 0.3) is 0 Å². The first-order valence-corrected chi connectivity index (χ1v) is 11.0. The summed E-state index contributed by atoms with van der Waals surface area (Å²) in [5, 5.41) is 16.4. The minimum absolute atomic E-state index is 0. The number of aliphatic hydroxyl groups is 1. The fraction of sp³-hybridized carbons (Fsp3) is 0.667. The predicted molar refractivity (Wildman–Crippen MR) is 120 cm³/mol. The molecule has 3 N–H and O–H groups in total. The second-order valence-electron chi connectivity index (χ2n) is 5.38. The lowest BCUT2D eigenvalue weighted by Gasteiger charge is -2.17. The molecule has 1 atom stereocenters. The lowest BCUT2D eigenvalue weighted by atomic mass is 10.3. The topological polar surface area (TPSA) is 94.0 Å². The van der Waals surface area contributed by atoms with E-state index >= 15 is 0 Å². The third-order valence-electron chi connectivity index (χ3n) is 3.47. The van der Waals surface area contributed by atoms with Crippen LogP contribution < -0.4 is 10.6 Å². The van der Waals surface area contributed by atoms with E-state index in [1.54, 1.807) is 26.1 Å². The zero-order chi connectivity index (χ0) is 18.9. The van der Waals surface area contributed by atoms with Crippen molar-refractivity contribution in [3.8, 4) is 0 Å². The van der Waals surface area contributed by atoms with Crippen molar-refractivity contribution in [2.45, 2.75) is 26.4 Å². The Morgan fingerprint density at radius 2 is 2.08 bits per heavy atom. The minimum Gasteiger partial charge on any atom is -0.386 e. The molecule has 0 fully saturated rings. The third-order valence-corrected chi connectivity index (χ3v) is 6.67. The van der Waals surface area contributed by atoms with Gasteiger partial charge >= 0.3 is 0 Å². The van der Waals surface area contributed by atoms with Crippen LogP contribution in [0.5, 0.6) is 0 Å². The van der Waals surface area contributed by atoms with Gasteiger partial charge in [-0.15, -0.1) is 35.3 Å². The Morgan fingerprint density at radius 3 is 2.62 bits per heavy atom. The van der Waals surface area contributed by atoms with E-state index in [9.17, 15) is 13.5 Å². The van der Waals surface area contributed by atoms with Crippen LogP contribution >= 0.6 is 46.9 Å². The summed E-state index contributed by atoms with van der Waals surface area (Å²) >= 11 is 7.20. The normalized spacial score (nSPS) is 13.4. The first-order chi connectivity index (χ1) is 11.8. The lowest BCUT2D eigenvalue weighted by molar-refractivity contribution is 0.191. The van der Waals surface area contributed by atoms with Gasteiger partial charge in [-0.05, 0) is 32.4 Å². The molecule has 0 aliphatic carbocycles. The van der Waals surface area contributed by atoms with Gasteiger partial charge in [0.1, 0.15) is 6.10 Å². The van der Waals surface area contributed by atoms with Crippen molar-refractivity contribution in [1.29, 1.82) is 0 Å². The van der Waals surface area contributed by atoms with Gasteiger partial charge in [-0.25, -0.2) is 12.7 Å². The van der Waals surface area contributed by atoms with Gasteiger partial charge in [-0.3, -0.25) is 4.99 Å². The number of halogens is 2. The van der Waals surface area contributed by atoms with Gasteiger partial charge in [0.15, 0.2) is 5.96 Å². The molecule has 1 unspecified atom stereocenters. The van der Waals surface area contributed by atoms with Gasteiger partial charge in [0.25, 0.3) is 0 Å². The molecule has 0 amide bonds. The zero-order valence-corrected chi connectivity index (χ0v) is 20.0. The number of aliphatic imine (C=N–C) groups is 1. The van der Waals surface area contributed by atoms with E-state index in [2.05, 4.69) is 15.6 Å². The molecule has 0 aliphatic heterocycles. The van der Waals surface area contributed by atoms with Crippen molar-refractivity contribution < 1.29 is 13.5 Å². The quantitative estimate of drug-likeness (QED) is 0.184. The van der Waals surface area contributed by atoms with Gasteiger partial charge in [-0.1, -0.05) is 11.6 Å². The van der Waals surface area contributed by atoms with Crippen LogP contribution in [0.4, 0.5) is 0 Å². The highest BCUT2D eigenvalue weighted by molar-refractivity contribution is 14.0. The summed E-state index contributed by atoms with van der Waals surface area (Å²) in [6, 6.07) is 3.54. The van der Waals surface area contributed by atoms with E-state index in [4.69, 9.17) is 11.6 Å². The summed E-state index contributed by atoms with van der Waals surface area (Å²) < 4.78 is 25.4. The van der Waals surface area contributed by atoms with Crippen LogP contribution in [-0.2, 0) is 10.0 Å². The van der Waals surface area contributed by atoms with E-state index in [-0.39, 0.29) is 36.3 Å². The van der Waals surface area contributed by atoms with E-state index in [1.807, 2.05) is 6.92 Å². The van der Waals surface area contributed by atoms with Crippen molar-refractivity contribution in [3.63, 3.8) is 0 Å². The lowest BCUT2D eigenvalue weighted by Crippen LogP contribution is -2.39. The molecule has 7 nitrogen and oxygen atoms in total. The van der Waals surface area contributed by atoms with Crippen LogP contribution in [0.2, 0.25) is 4.34 Å². The van der Waals surface area contributed by atoms with Gasteiger partial charge in [-0.2, -0.15) is 0 Å². The molecule has 0 saturated carbocycles. The van der Waals surface area contributed by atoms with Crippen molar-refractivity contribution in [2.24, 2.45) is 4.99 Å². The molecule has 1 rings (SSSR count). The zero-order valence-electron chi connectivity index (χ0n) is 15.2. The molecule has 11 heteroatoms. The number of hydrogen-bond donors (Lipinski definition) is 3. The van der Waals surface area contributed by atoms with E-state index in [0.29, 0.717) is 36.4 Å². The molecule has 152 valence electrons. The Balaban J connectivity index is 0.00000625. The number of aliphatic hydroxyl groups excluding tert-OH is 1. The Labute approximate surface area is 182 Å². The van der Waals surface area contributed by atoms with Crippen LogP contribution in [0, 0.1) is 0 Å². The minimum atomic E-state index is -3.14. The summed E-state index contributed by atoms with van der Waals surface area (Å²) in [6.45, 7) is 5.52. The van der Waals surface area contributed by atoms with Crippen molar-refractivity contribution in [1.82, 2.24) is 14.9 Å². The molecule has 1 aromatic heterocycles. The Bertz CT molecular complexity index is 655. The molecule has 0 bridgehead atoms. The van der Waals surface area contributed by atoms with E-state index in [0.717, 1.165) is 4.88 Å². The number of nitrogens with zero attached hydrogens (tertiary/aromatic N) is 2. The highest BCUT2D eigenvalue weighted by Gasteiger charge is 2.14. The number of guanidine groups is 1. The van der Waals surface area contributed by atoms with Gasteiger partial charge in [0.2, 0.25) is 10.0 Å². The summed E-state index contributed by atoms with van der Waals surface area (Å²) in [4.78, 5) is 5.13. The van der Waals surface area contributed by atoms with Crippen molar-refractivity contribution in [2.75, 3.05) is 39.0 Å².